The standard InChI is InChI=1S/C18H22O4/c19-14(9-5-4-8-12-6-2-1-3-7-12)18-13-10-17(21)22-16(13)11-15(18)20/h1-3,6-7,9,13,15-16,18-20H,4-5,8,10-11H2/b14-9+/t13-,15+,16-,18-/m0/s1. The molecule has 0 bridgehead atoms. The van der Waals surface area contributed by atoms with Crippen molar-refractivity contribution in [3.8, 4) is 0 Å². The molecule has 118 valence electrons. The van der Waals surface area contributed by atoms with E-state index in [1.807, 2.05) is 18.2 Å². The van der Waals surface area contributed by atoms with Crippen molar-refractivity contribution in [3.05, 3.63) is 47.7 Å². The minimum Gasteiger partial charge on any atom is -0.512 e. The molecule has 22 heavy (non-hydrogen) atoms. The van der Waals surface area contributed by atoms with Crippen molar-refractivity contribution in [2.24, 2.45) is 11.8 Å². The summed E-state index contributed by atoms with van der Waals surface area (Å²) in [6, 6.07) is 10.2. The Morgan fingerprint density at radius 1 is 1.32 bits per heavy atom. The largest absolute Gasteiger partial charge is 0.512 e. The maximum absolute atomic E-state index is 11.3. The number of carbonyl (C=O) groups excluding carboxylic acids is 1. The van der Waals surface area contributed by atoms with Crippen LogP contribution in [0.15, 0.2) is 42.2 Å². The van der Waals surface area contributed by atoms with Gasteiger partial charge < -0.3 is 14.9 Å². The zero-order chi connectivity index (χ0) is 15.5. The summed E-state index contributed by atoms with van der Waals surface area (Å²) >= 11 is 0. The number of allylic oxidation sites excluding steroid dienone is 1. The van der Waals surface area contributed by atoms with Gasteiger partial charge in [-0.05, 0) is 30.9 Å². The lowest BCUT2D eigenvalue weighted by molar-refractivity contribution is -0.141. The number of carbonyl (C=O) groups is 1. The van der Waals surface area contributed by atoms with Gasteiger partial charge in [-0.2, -0.15) is 0 Å². The Morgan fingerprint density at radius 2 is 2.09 bits per heavy atom. The van der Waals surface area contributed by atoms with Crippen LogP contribution in [0.1, 0.15) is 31.2 Å². The molecule has 1 aliphatic heterocycles. The minimum absolute atomic E-state index is 0.0760. The van der Waals surface area contributed by atoms with Gasteiger partial charge in [0.25, 0.3) is 0 Å². The second-order valence-corrected chi connectivity index (χ2v) is 6.23. The molecule has 1 aromatic rings. The molecule has 1 saturated heterocycles. The predicted molar refractivity (Wildman–Crippen MR) is 82.2 cm³/mol. The Bertz CT molecular complexity index is 551. The van der Waals surface area contributed by atoms with Crippen LogP contribution in [0.3, 0.4) is 0 Å². The topological polar surface area (TPSA) is 66.8 Å². The maximum atomic E-state index is 11.3. The van der Waals surface area contributed by atoms with Crippen LogP contribution in [0.5, 0.6) is 0 Å². The van der Waals surface area contributed by atoms with E-state index in [9.17, 15) is 15.0 Å². The summed E-state index contributed by atoms with van der Waals surface area (Å²) in [5.74, 6) is -0.434. The molecule has 1 heterocycles. The van der Waals surface area contributed by atoms with Crippen molar-refractivity contribution in [2.45, 2.75) is 44.3 Å². The summed E-state index contributed by atoms with van der Waals surface area (Å²) in [4.78, 5) is 11.3. The van der Waals surface area contributed by atoms with E-state index in [0.717, 1.165) is 19.3 Å². The SMILES string of the molecule is O=C1C[C@@H]2[C@@H](/C(O)=C\CCCc3ccccc3)[C@H](O)C[C@@H]2O1. The molecule has 4 atom stereocenters. The molecule has 3 rings (SSSR count). The Labute approximate surface area is 130 Å². The van der Waals surface area contributed by atoms with Crippen molar-refractivity contribution in [3.63, 3.8) is 0 Å². The van der Waals surface area contributed by atoms with Gasteiger partial charge in [-0.15, -0.1) is 0 Å². The van der Waals surface area contributed by atoms with Gasteiger partial charge in [0.1, 0.15) is 6.10 Å². The molecule has 4 nitrogen and oxygen atoms in total. The number of esters is 1. The van der Waals surface area contributed by atoms with E-state index in [-0.39, 0.29) is 29.7 Å². The molecule has 2 aliphatic rings. The van der Waals surface area contributed by atoms with Crippen LogP contribution < -0.4 is 0 Å². The van der Waals surface area contributed by atoms with Crippen LogP contribution in [0.4, 0.5) is 0 Å². The lowest BCUT2D eigenvalue weighted by Gasteiger charge is -2.18. The Hall–Kier alpha value is -1.81. The van der Waals surface area contributed by atoms with Crippen LogP contribution in [-0.4, -0.2) is 28.4 Å². The minimum atomic E-state index is -0.617. The summed E-state index contributed by atoms with van der Waals surface area (Å²) in [5, 5.41) is 20.4. The highest BCUT2D eigenvalue weighted by Gasteiger charge is 2.51. The van der Waals surface area contributed by atoms with E-state index in [1.165, 1.54) is 5.56 Å². The van der Waals surface area contributed by atoms with Crippen LogP contribution in [0.2, 0.25) is 0 Å². The van der Waals surface area contributed by atoms with Crippen molar-refractivity contribution in [1.82, 2.24) is 0 Å². The average molecular weight is 302 g/mol. The number of unbranched alkanes of at least 4 members (excludes halogenated alkanes) is 1. The molecule has 1 saturated carbocycles. The highest BCUT2D eigenvalue weighted by atomic mass is 16.6. The lowest BCUT2D eigenvalue weighted by atomic mass is 9.90. The first-order valence-corrected chi connectivity index (χ1v) is 7.95. The number of benzene rings is 1. The van der Waals surface area contributed by atoms with Crippen molar-refractivity contribution in [1.29, 1.82) is 0 Å². The summed E-state index contributed by atoms with van der Waals surface area (Å²) in [6.45, 7) is 0. The van der Waals surface area contributed by atoms with Crippen LogP contribution in [-0.2, 0) is 16.0 Å². The zero-order valence-electron chi connectivity index (χ0n) is 12.5. The first-order valence-electron chi connectivity index (χ1n) is 7.95. The number of fused-ring (bicyclic) bond motifs is 1. The van der Waals surface area contributed by atoms with Crippen LogP contribution >= 0.6 is 0 Å². The predicted octanol–water partition coefficient (Wildman–Crippen LogP) is 2.76. The van der Waals surface area contributed by atoms with Gasteiger partial charge in [0.15, 0.2) is 0 Å². The monoisotopic (exact) mass is 302 g/mol. The van der Waals surface area contributed by atoms with E-state index in [0.29, 0.717) is 12.8 Å². The molecule has 0 aromatic heterocycles. The first kappa shape index (κ1) is 15.1. The van der Waals surface area contributed by atoms with E-state index < -0.39 is 6.10 Å². The number of aryl methyl sites for hydroxylation is 1. The molecule has 2 fully saturated rings. The van der Waals surface area contributed by atoms with Crippen LogP contribution in [0.25, 0.3) is 0 Å². The van der Waals surface area contributed by atoms with Crippen molar-refractivity contribution in [2.75, 3.05) is 0 Å². The molecular weight excluding hydrogens is 280 g/mol. The van der Waals surface area contributed by atoms with Gasteiger partial charge in [-0.1, -0.05) is 30.3 Å². The molecule has 1 aromatic carbocycles. The fourth-order valence-electron chi connectivity index (χ4n) is 3.63. The molecule has 0 amide bonds. The van der Waals surface area contributed by atoms with E-state index in [4.69, 9.17) is 4.74 Å². The van der Waals surface area contributed by atoms with E-state index in [1.54, 1.807) is 6.08 Å². The second-order valence-electron chi connectivity index (χ2n) is 6.23. The average Bonchev–Trinajstić information content (AvgIpc) is 2.98. The van der Waals surface area contributed by atoms with Crippen LogP contribution in [0, 0.1) is 11.8 Å². The van der Waals surface area contributed by atoms with Crippen molar-refractivity contribution >= 4 is 5.97 Å². The highest BCUT2D eigenvalue weighted by molar-refractivity contribution is 5.72. The third-order valence-electron chi connectivity index (χ3n) is 4.72. The number of aliphatic hydroxyl groups is 2. The third kappa shape index (κ3) is 3.17. The fourth-order valence-corrected chi connectivity index (χ4v) is 3.63. The van der Waals surface area contributed by atoms with Gasteiger partial charge in [-0.3, -0.25) is 4.79 Å². The number of hydrogen-bond donors (Lipinski definition) is 2. The molecule has 2 N–H and O–H groups in total. The number of hydrogen-bond acceptors (Lipinski definition) is 4. The van der Waals surface area contributed by atoms with E-state index >= 15 is 0 Å². The molecular formula is C18H22O4. The normalized spacial score (nSPS) is 31.1. The van der Waals surface area contributed by atoms with Crippen molar-refractivity contribution < 1.29 is 19.7 Å². The quantitative estimate of drug-likeness (QED) is 0.498. The molecule has 4 heteroatoms. The Kier molecular flexibility index (Phi) is 4.48. The Morgan fingerprint density at radius 3 is 2.86 bits per heavy atom. The van der Waals surface area contributed by atoms with Gasteiger partial charge >= 0.3 is 5.97 Å². The molecule has 1 aliphatic carbocycles. The summed E-state index contributed by atoms with van der Waals surface area (Å²) in [5.41, 5.74) is 1.28. The van der Waals surface area contributed by atoms with Gasteiger partial charge in [0.2, 0.25) is 0 Å². The molecule has 0 unspecified atom stereocenters. The number of ether oxygens (including phenoxy) is 1. The number of rotatable bonds is 5. The smallest absolute Gasteiger partial charge is 0.306 e. The maximum Gasteiger partial charge on any atom is 0.306 e. The highest BCUT2D eigenvalue weighted by Crippen LogP contribution is 2.44. The molecule has 0 radical (unpaired) electrons. The van der Waals surface area contributed by atoms with Gasteiger partial charge in [-0.25, -0.2) is 0 Å². The first-order chi connectivity index (χ1) is 10.6. The fraction of sp³-hybridized carbons (Fsp3) is 0.500. The zero-order valence-corrected chi connectivity index (χ0v) is 12.5. The summed E-state index contributed by atoms with van der Waals surface area (Å²) < 4.78 is 5.18. The summed E-state index contributed by atoms with van der Waals surface area (Å²) in [7, 11) is 0. The molecule has 0 spiro atoms. The van der Waals surface area contributed by atoms with Gasteiger partial charge in [0, 0.05) is 18.3 Å². The third-order valence-corrected chi connectivity index (χ3v) is 4.72. The number of aliphatic hydroxyl groups excluding tert-OH is 2. The summed E-state index contributed by atoms with van der Waals surface area (Å²) in [6.07, 6.45) is 4.35. The van der Waals surface area contributed by atoms with Gasteiger partial charge in [0.05, 0.1) is 18.3 Å². The van der Waals surface area contributed by atoms with E-state index in [2.05, 4.69) is 12.1 Å². The Balaban J connectivity index is 1.54. The second kappa shape index (κ2) is 6.53. The lowest BCUT2D eigenvalue weighted by Crippen LogP contribution is -2.22.